The van der Waals surface area contributed by atoms with Crippen LogP contribution in [0.1, 0.15) is 159 Å². The third-order valence-corrected chi connectivity index (χ3v) is 17.6. The first-order valence-corrected chi connectivity index (χ1v) is 25.3. The lowest BCUT2D eigenvalue weighted by atomic mass is 9.88. The van der Waals surface area contributed by atoms with Crippen molar-refractivity contribution in [2.75, 3.05) is 20.2 Å². The lowest BCUT2D eigenvalue weighted by Gasteiger charge is -2.25. The number of likely N-dealkylation sites (tertiary alicyclic amines) is 1. The molecule has 1 N–H and O–H groups in total. The summed E-state index contributed by atoms with van der Waals surface area (Å²) in [6.07, 6.45) is 21.4. The quantitative estimate of drug-likeness (QED) is 0.0753. The van der Waals surface area contributed by atoms with Crippen molar-refractivity contribution in [2.45, 2.75) is 135 Å². The van der Waals surface area contributed by atoms with Gasteiger partial charge >= 0.3 is 0 Å². The molecule has 10 rings (SSSR count). The monoisotopic (exact) mass is 893 g/mol. The molecule has 2 aliphatic heterocycles. The van der Waals surface area contributed by atoms with Gasteiger partial charge in [0, 0.05) is 72.2 Å². The van der Waals surface area contributed by atoms with Crippen LogP contribution in [-0.2, 0) is 29.6 Å². The molecule has 2 aromatic carbocycles. The number of amides is 2. The molecule has 4 aliphatic carbocycles. The second kappa shape index (κ2) is 18.3. The van der Waals surface area contributed by atoms with Gasteiger partial charge in [-0.3, -0.25) is 39.2 Å². The molecule has 0 spiro atoms. The van der Waals surface area contributed by atoms with Crippen molar-refractivity contribution in [3.63, 3.8) is 0 Å². The Labute approximate surface area is 389 Å². The average molecular weight is 893 g/mol. The molecule has 10 nitrogen and oxygen atoms in total. The molecule has 0 bridgehead atoms. The van der Waals surface area contributed by atoms with Crippen LogP contribution < -0.4 is 15.6 Å². The number of carbonyl (C=O) groups is 4. The predicted octanol–water partition coefficient (Wildman–Crippen LogP) is 10.1. The molecule has 3 saturated carbocycles. The summed E-state index contributed by atoms with van der Waals surface area (Å²) in [4.78, 5) is 70.9. The van der Waals surface area contributed by atoms with E-state index in [-0.39, 0.29) is 34.9 Å². The van der Waals surface area contributed by atoms with E-state index in [0.29, 0.717) is 59.4 Å². The number of rotatable bonds is 14. The first-order chi connectivity index (χ1) is 31.9. The molecular weight excluding hydrogens is 825 g/mol. The number of Topliss-reactive ketones (excluding diaryl/α,β-unsaturated/α-hetero) is 2. The zero-order valence-corrected chi connectivity index (χ0v) is 39.6. The number of aromatic nitrogens is 2. The van der Waals surface area contributed by atoms with Gasteiger partial charge in [0.05, 0.1) is 18.4 Å². The topological polar surface area (TPSA) is 128 Å². The van der Waals surface area contributed by atoms with E-state index in [0.717, 1.165) is 83.7 Å². The number of piperidine rings is 1. The number of hydrogen-bond donors (Lipinski definition) is 1. The maximum Gasteiger partial charge on any atom is 0.259 e. The largest absolute Gasteiger partial charge is 0.496 e. The van der Waals surface area contributed by atoms with E-state index in [2.05, 4.69) is 47.2 Å². The minimum atomic E-state index is -0.716. The summed E-state index contributed by atoms with van der Waals surface area (Å²) < 4.78 is 7.79. The van der Waals surface area contributed by atoms with Crippen LogP contribution in [0.5, 0.6) is 5.75 Å². The molecule has 4 aromatic rings. The number of pyridine rings is 2. The van der Waals surface area contributed by atoms with Gasteiger partial charge in [0.2, 0.25) is 11.8 Å². The molecule has 0 radical (unpaired) electrons. The average Bonchev–Trinajstić information content (AvgIpc) is 4.24. The Hall–Kier alpha value is -4.96. The smallest absolute Gasteiger partial charge is 0.259 e. The second-order valence-electron chi connectivity index (χ2n) is 21.6. The molecule has 6 aliphatic rings. The fraction of sp³-hybridized carbons (Fsp3) is 0.571. The third-order valence-electron chi connectivity index (χ3n) is 17.6. The minimum Gasteiger partial charge on any atom is -0.496 e. The number of benzene rings is 2. The van der Waals surface area contributed by atoms with Gasteiger partial charge in [-0.15, -0.1) is 0 Å². The summed E-state index contributed by atoms with van der Waals surface area (Å²) >= 11 is 0. The number of hydrogen-bond acceptors (Lipinski definition) is 8. The molecule has 348 valence electrons. The molecule has 2 aromatic heterocycles. The molecule has 2 saturated heterocycles. The molecule has 4 heterocycles. The molecule has 10 heteroatoms. The fourth-order valence-corrected chi connectivity index (χ4v) is 13.1. The highest BCUT2D eigenvalue weighted by Crippen LogP contribution is 2.65. The summed E-state index contributed by atoms with van der Waals surface area (Å²) in [6.45, 7) is 7.89. The number of nitrogens with one attached hydrogen (secondary N) is 1. The molecular formula is C56H68N4O6. The first-order valence-electron chi connectivity index (χ1n) is 25.3. The van der Waals surface area contributed by atoms with Crippen LogP contribution >= 0.6 is 0 Å². The number of methoxy groups -OCH3 is 1. The maximum atomic E-state index is 13.4. The minimum absolute atomic E-state index is 0.0159. The predicted molar refractivity (Wildman–Crippen MR) is 257 cm³/mol. The normalized spacial score (nSPS) is 27.9. The van der Waals surface area contributed by atoms with Gasteiger partial charge in [0.25, 0.3) is 5.56 Å². The van der Waals surface area contributed by atoms with Gasteiger partial charge in [-0.2, -0.15) is 0 Å². The number of ketones is 2. The van der Waals surface area contributed by atoms with Crippen LogP contribution in [0.4, 0.5) is 0 Å². The van der Waals surface area contributed by atoms with E-state index in [1.165, 1.54) is 81.8 Å². The summed E-state index contributed by atoms with van der Waals surface area (Å²) in [6, 6.07) is 12.5. The Morgan fingerprint density at radius 1 is 0.803 bits per heavy atom. The van der Waals surface area contributed by atoms with Crippen molar-refractivity contribution in [1.82, 2.24) is 19.8 Å². The van der Waals surface area contributed by atoms with Crippen molar-refractivity contribution >= 4 is 34.2 Å². The molecule has 66 heavy (non-hydrogen) atoms. The molecule has 7 atom stereocenters. The first kappa shape index (κ1) is 44.9. The van der Waals surface area contributed by atoms with Crippen LogP contribution in [0.3, 0.4) is 0 Å². The summed E-state index contributed by atoms with van der Waals surface area (Å²) in [7, 11) is 3.61. The number of imide groups is 1. The van der Waals surface area contributed by atoms with Crippen molar-refractivity contribution in [2.24, 2.45) is 48.0 Å². The molecule has 2 amide bonds. The Bertz CT molecular complexity index is 2650. The number of nitrogens with zero attached hydrogens (tertiary/aromatic N) is 3. The number of ether oxygens (including phenoxy) is 1. The third kappa shape index (κ3) is 8.83. The fourth-order valence-electron chi connectivity index (χ4n) is 13.1. The lowest BCUT2D eigenvalue weighted by molar-refractivity contribution is -0.136. The van der Waals surface area contributed by atoms with Gasteiger partial charge in [-0.05, 0) is 154 Å². The van der Waals surface area contributed by atoms with Crippen LogP contribution in [0, 0.1) is 47.8 Å². The number of aryl methyl sites for hydroxylation is 3. The summed E-state index contributed by atoms with van der Waals surface area (Å²) in [5, 5.41) is 4.03. The van der Waals surface area contributed by atoms with E-state index in [1.807, 2.05) is 31.4 Å². The SMILES string of the molecule is COc1cc(-c2cn(C)c(=O)c3cnc(C4CC4)cc23)cc(C)c1CN1CCC2C(CCC3CCCC(CCc4ccc5c(c4)C(=O)C(CCC4CCC(=O)NC4=O)C5=O)CC3)C2(C)CC1. The van der Waals surface area contributed by atoms with E-state index in [9.17, 15) is 24.0 Å². The number of carbonyl (C=O) groups excluding carboxylic acids is 4. The highest BCUT2D eigenvalue weighted by atomic mass is 16.5. The van der Waals surface area contributed by atoms with Gasteiger partial charge in [0.1, 0.15) is 5.75 Å². The van der Waals surface area contributed by atoms with E-state index >= 15 is 0 Å². The van der Waals surface area contributed by atoms with Crippen molar-refractivity contribution < 1.29 is 23.9 Å². The Morgan fingerprint density at radius 3 is 2.36 bits per heavy atom. The molecule has 5 fully saturated rings. The Morgan fingerprint density at radius 2 is 1.59 bits per heavy atom. The zero-order chi connectivity index (χ0) is 45.9. The van der Waals surface area contributed by atoms with E-state index < -0.39 is 5.92 Å². The zero-order valence-electron chi connectivity index (χ0n) is 39.6. The number of fused-ring (bicyclic) bond motifs is 3. The van der Waals surface area contributed by atoms with Crippen molar-refractivity contribution in [1.29, 1.82) is 0 Å². The lowest BCUT2D eigenvalue weighted by Crippen LogP contribution is -2.40. The van der Waals surface area contributed by atoms with Crippen LogP contribution in [0.15, 0.2) is 53.6 Å². The van der Waals surface area contributed by atoms with Gasteiger partial charge in [-0.1, -0.05) is 63.6 Å². The van der Waals surface area contributed by atoms with Gasteiger partial charge in [0.15, 0.2) is 11.6 Å². The Kier molecular flexibility index (Phi) is 12.4. The van der Waals surface area contributed by atoms with E-state index in [1.54, 1.807) is 17.9 Å². The standard InChI is InChI=1S/C56H68N4O6/c1-33-26-39(46-31-59(3)55(65)44-30-57-49(29-42(44)46)37-14-15-37)28-50(66-4)45(33)32-60-24-22-48-47(56(48,2)23-25-60)20-13-35-7-5-6-34(8-9-35)10-11-36-12-18-40-43(27-36)53(63)41(52(40)62)19-16-38-17-21-51(61)58-54(38)64/h12,18,26-31,34-35,37-38,41,47-48H,5-11,13-17,19-25,32H2,1-4H3,(H,58,61,64). The van der Waals surface area contributed by atoms with Gasteiger partial charge < -0.3 is 9.30 Å². The van der Waals surface area contributed by atoms with Gasteiger partial charge in [-0.25, -0.2) is 0 Å². The van der Waals surface area contributed by atoms with Crippen molar-refractivity contribution in [3.05, 3.63) is 92.7 Å². The highest BCUT2D eigenvalue weighted by molar-refractivity contribution is 6.26. The summed E-state index contributed by atoms with van der Waals surface area (Å²) in [5.74, 6) is 2.80. The van der Waals surface area contributed by atoms with E-state index in [4.69, 9.17) is 4.74 Å². The van der Waals surface area contributed by atoms with Crippen LogP contribution in [0.25, 0.3) is 21.9 Å². The second-order valence-corrected chi connectivity index (χ2v) is 21.6. The Balaban J connectivity index is 0.691. The van der Waals surface area contributed by atoms with Crippen molar-refractivity contribution in [3.8, 4) is 16.9 Å². The van der Waals surface area contributed by atoms with Crippen LogP contribution in [0.2, 0.25) is 0 Å². The maximum absolute atomic E-state index is 13.4. The molecule has 7 unspecified atom stereocenters. The summed E-state index contributed by atoms with van der Waals surface area (Å²) in [5.41, 5.74) is 8.33. The highest BCUT2D eigenvalue weighted by Gasteiger charge is 2.60. The van der Waals surface area contributed by atoms with Crippen LogP contribution in [-0.4, -0.2) is 58.0 Å².